The molecule has 19 heavy (non-hydrogen) atoms. The Morgan fingerprint density at radius 1 is 1.47 bits per heavy atom. The summed E-state index contributed by atoms with van der Waals surface area (Å²) in [5.74, 6) is 0.137. The number of rotatable bonds is 3. The summed E-state index contributed by atoms with van der Waals surface area (Å²) in [6.07, 6.45) is 8.51. The monoisotopic (exact) mass is 277 g/mol. The number of hydrogen-bond donors (Lipinski definition) is 1. The summed E-state index contributed by atoms with van der Waals surface area (Å²) in [4.78, 5) is 17.5. The molecule has 1 amide bonds. The first-order chi connectivity index (χ1) is 9.22. The van der Waals surface area contributed by atoms with Crippen LogP contribution in [0, 0.1) is 6.92 Å². The molecular formula is C14H19N3OS. The number of nitrogens with zero attached hydrogens (tertiary/aromatic N) is 2. The molecule has 2 heterocycles. The van der Waals surface area contributed by atoms with Gasteiger partial charge in [0.1, 0.15) is 0 Å². The highest BCUT2D eigenvalue weighted by Crippen LogP contribution is 2.19. The smallest absolute Gasteiger partial charge is 0.226 e. The van der Waals surface area contributed by atoms with Gasteiger partial charge in [0.2, 0.25) is 5.91 Å². The van der Waals surface area contributed by atoms with Crippen molar-refractivity contribution >= 4 is 22.2 Å². The fourth-order valence-corrected chi connectivity index (χ4v) is 3.68. The Morgan fingerprint density at radius 3 is 3.05 bits per heavy atom. The van der Waals surface area contributed by atoms with Gasteiger partial charge in [0.15, 0.2) is 4.96 Å². The van der Waals surface area contributed by atoms with E-state index >= 15 is 0 Å². The maximum Gasteiger partial charge on any atom is 0.226 e. The van der Waals surface area contributed by atoms with E-state index in [4.69, 9.17) is 0 Å². The van der Waals surface area contributed by atoms with Crippen LogP contribution in [-0.4, -0.2) is 21.3 Å². The lowest BCUT2D eigenvalue weighted by molar-refractivity contribution is -0.121. The van der Waals surface area contributed by atoms with Crippen molar-refractivity contribution in [3.63, 3.8) is 0 Å². The standard InChI is InChI=1S/C14H19N3OS/c1-10-8-17-12(9-19-14(17)15-10)7-13(18)16-11-5-3-2-4-6-11/h8-9,11H,2-7H2,1H3,(H,16,18). The minimum atomic E-state index is 0.137. The second-order valence-corrected chi connectivity index (χ2v) is 6.18. The Bertz CT molecular complexity index is 581. The molecule has 3 rings (SSSR count). The van der Waals surface area contributed by atoms with Gasteiger partial charge in [0.25, 0.3) is 0 Å². The van der Waals surface area contributed by atoms with E-state index in [0.29, 0.717) is 12.5 Å². The van der Waals surface area contributed by atoms with E-state index in [0.717, 1.165) is 29.2 Å². The summed E-state index contributed by atoms with van der Waals surface area (Å²) in [6, 6.07) is 0.389. The van der Waals surface area contributed by atoms with E-state index in [2.05, 4.69) is 10.3 Å². The summed E-state index contributed by atoms with van der Waals surface area (Å²) >= 11 is 1.59. The maximum atomic E-state index is 12.1. The first-order valence-corrected chi connectivity index (χ1v) is 7.82. The predicted octanol–water partition coefficient (Wildman–Crippen LogP) is 2.70. The van der Waals surface area contributed by atoms with Crippen molar-refractivity contribution in [2.24, 2.45) is 0 Å². The fourth-order valence-electron chi connectivity index (χ4n) is 2.76. The number of fused-ring (bicyclic) bond motifs is 1. The molecule has 1 N–H and O–H groups in total. The maximum absolute atomic E-state index is 12.1. The molecule has 0 spiro atoms. The molecule has 1 fully saturated rings. The molecule has 0 atom stereocenters. The molecule has 5 heteroatoms. The third-order valence-electron chi connectivity index (χ3n) is 3.72. The Labute approximate surface area is 116 Å². The molecule has 1 saturated carbocycles. The summed E-state index contributed by atoms with van der Waals surface area (Å²) in [5, 5.41) is 5.19. The number of nitrogens with one attached hydrogen (secondary N) is 1. The Hall–Kier alpha value is -1.36. The van der Waals surface area contributed by atoms with Gasteiger partial charge in [0, 0.05) is 23.3 Å². The van der Waals surface area contributed by atoms with E-state index in [1.807, 2.05) is 22.9 Å². The van der Waals surface area contributed by atoms with Crippen LogP contribution >= 0.6 is 11.3 Å². The van der Waals surface area contributed by atoms with Crippen LogP contribution in [0.15, 0.2) is 11.6 Å². The van der Waals surface area contributed by atoms with Crippen LogP contribution in [0.4, 0.5) is 0 Å². The largest absolute Gasteiger partial charge is 0.353 e. The third kappa shape index (κ3) is 2.81. The van der Waals surface area contributed by atoms with Gasteiger partial charge in [-0.15, -0.1) is 11.3 Å². The van der Waals surface area contributed by atoms with Crippen molar-refractivity contribution in [3.05, 3.63) is 23.0 Å². The average molecular weight is 277 g/mol. The van der Waals surface area contributed by atoms with Crippen molar-refractivity contribution in [1.82, 2.24) is 14.7 Å². The Balaban J connectivity index is 1.65. The Morgan fingerprint density at radius 2 is 2.26 bits per heavy atom. The average Bonchev–Trinajstić information content (AvgIpc) is 2.91. The molecule has 0 saturated heterocycles. The van der Waals surface area contributed by atoms with Gasteiger partial charge >= 0.3 is 0 Å². The third-order valence-corrected chi connectivity index (χ3v) is 4.60. The second-order valence-electron chi connectivity index (χ2n) is 5.34. The Kier molecular flexibility index (Phi) is 3.55. The van der Waals surface area contributed by atoms with Gasteiger partial charge in [-0.25, -0.2) is 4.98 Å². The van der Waals surface area contributed by atoms with Crippen LogP contribution < -0.4 is 5.32 Å². The van der Waals surface area contributed by atoms with Gasteiger partial charge < -0.3 is 5.32 Å². The van der Waals surface area contributed by atoms with E-state index in [1.165, 1.54) is 19.3 Å². The minimum Gasteiger partial charge on any atom is -0.353 e. The summed E-state index contributed by atoms with van der Waals surface area (Å²) in [7, 11) is 0. The lowest BCUT2D eigenvalue weighted by atomic mass is 9.95. The van der Waals surface area contributed by atoms with Crippen LogP contribution in [0.1, 0.15) is 43.5 Å². The van der Waals surface area contributed by atoms with Crippen LogP contribution in [0.25, 0.3) is 4.96 Å². The molecule has 0 bridgehead atoms. The molecule has 1 aliphatic rings. The number of carbonyl (C=O) groups excluding carboxylic acids is 1. The quantitative estimate of drug-likeness (QED) is 0.937. The minimum absolute atomic E-state index is 0.137. The van der Waals surface area contributed by atoms with Gasteiger partial charge in [0.05, 0.1) is 12.1 Å². The first-order valence-electron chi connectivity index (χ1n) is 6.94. The van der Waals surface area contributed by atoms with Crippen LogP contribution in [-0.2, 0) is 11.2 Å². The zero-order chi connectivity index (χ0) is 13.2. The van der Waals surface area contributed by atoms with Gasteiger partial charge in [-0.2, -0.15) is 0 Å². The molecule has 0 aliphatic heterocycles. The normalized spacial score (nSPS) is 16.9. The highest BCUT2D eigenvalue weighted by molar-refractivity contribution is 7.15. The number of hydrogen-bond acceptors (Lipinski definition) is 3. The van der Waals surface area contributed by atoms with Gasteiger partial charge in [-0.3, -0.25) is 9.20 Å². The van der Waals surface area contributed by atoms with E-state index in [9.17, 15) is 4.79 Å². The van der Waals surface area contributed by atoms with Crippen molar-refractivity contribution in [2.75, 3.05) is 0 Å². The van der Waals surface area contributed by atoms with Crippen molar-refractivity contribution < 1.29 is 4.79 Å². The first kappa shape index (κ1) is 12.7. The summed E-state index contributed by atoms with van der Waals surface area (Å²) in [6.45, 7) is 1.98. The molecule has 102 valence electrons. The summed E-state index contributed by atoms with van der Waals surface area (Å²) < 4.78 is 2.03. The number of amides is 1. The zero-order valence-corrected chi connectivity index (χ0v) is 12.0. The number of aromatic nitrogens is 2. The fraction of sp³-hybridized carbons (Fsp3) is 0.571. The van der Waals surface area contributed by atoms with Crippen molar-refractivity contribution in [1.29, 1.82) is 0 Å². The number of thiazole rings is 1. The number of carbonyl (C=O) groups is 1. The lowest BCUT2D eigenvalue weighted by Crippen LogP contribution is -2.37. The molecule has 0 unspecified atom stereocenters. The van der Waals surface area contributed by atoms with Crippen molar-refractivity contribution in [2.45, 2.75) is 51.5 Å². The molecule has 2 aromatic rings. The number of imidazole rings is 1. The zero-order valence-electron chi connectivity index (χ0n) is 11.2. The van der Waals surface area contributed by atoms with E-state index in [1.54, 1.807) is 11.3 Å². The molecule has 0 aromatic carbocycles. The number of aryl methyl sites for hydroxylation is 1. The molecule has 1 aliphatic carbocycles. The highest BCUT2D eigenvalue weighted by atomic mass is 32.1. The molecule has 4 nitrogen and oxygen atoms in total. The molecular weight excluding hydrogens is 258 g/mol. The van der Waals surface area contributed by atoms with Gasteiger partial charge in [-0.05, 0) is 19.8 Å². The van der Waals surface area contributed by atoms with Crippen LogP contribution in [0.5, 0.6) is 0 Å². The van der Waals surface area contributed by atoms with E-state index < -0.39 is 0 Å². The van der Waals surface area contributed by atoms with Gasteiger partial charge in [-0.1, -0.05) is 19.3 Å². The molecule has 2 aromatic heterocycles. The second kappa shape index (κ2) is 5.33. The highest BCUT2D eigenvalue weighted by Gasteiger charge is 2.17. The predicted molar refractivity (Wildman–Crippen MR) is 76.5 cm³/mol. The SMILES string of the molecule is Cc1cn2c(CC(=O)NC3CCCCC3)csc2n1. The van der Waals surface area contributed by atoms with Crippen LogP contribution in [0.2, 0.25) is 0 Å². The topological polar surface area (TPSA) is 46.4 Å². The van der Waals surface area contributed by atoms with Crippen molar-refractivity contribution in [3.8, 4) is 0 Å². The van der Waals surface area contributed by atoms with E-state index in [-0.39, 0.29) is 5.91 Å². The molecule has 0 radical (unpaired) electrons. The van der Waals surface area contributed by atoms with Crippen LogP contribution in [0.3, 0.4) is 0 Å². The lowest BCUT2D eigenvalue weighted by Gasteiger charge is -2.22. The summed E-state index contributed by atoms with van der Waals surface area (Å²) in [5.41, 5.74) is 2.04.